The second kappa shape index (κ2) is 15.5. The third kappa shape index (κ3) is 6.08. The quantitative estimate of drug-likeness (QED) is 0.172. The van der Waals surface area contributed by atoms with Gasteiger partial charge in [-0.15, -0.1) is 0 Å². The summed E-state index contributed by atoms with van der Waals surface area (Å²) in [4.78, 5) is 16.3. The van der Waals surface area contributed by atoms with E-state index in [9.17, 15) is 0 Å². The first-order valence-electron chi connectivity index (χ1n) is 24.1. The molecule has 15 rings (SSSR count). The van der Waals surface area contributed by atoms with Gasteiger partial charge < -0.3 is 8.83 Å². The fourth-order valence-corrected chi connectivity index (χ4v) is 11.3. The van der Waals surface area contributed by atoms with Gasteiger partial charge in [0.1, 0.15) is 22.7 Å². The van der Waals surface area contributed by atoms with Crippen molar-refractivity contribution in [2.45, 2.75) is 32.6 Å². The van der Waals surface area contributed by atoms with Gasteiger partial charge in [0.2, 0.25) is 5.95 Å². The Morgan fingerprint density at radius 1 is 0.507 bits per heavy atom. The van der Waals surface area contributed by atoms with Gasteiger partial charge in [0.15, 0.2) is 11.6 Å². The Morgan fingerprint density at radius 2 is 1.22 bits per heavy atom. The zero-order chi connectivity index (χ0) is 45.7. The molecule has 2 unspecified atom stereocenters. The Labute approximate surface area is 398 Å². The third-order valence-electron chi connectivity index (χ3n) is 14.4. The number of rotatable bonds is 5. The molecule has 4 aromatic heterocycles. The molecule has 3 aliphatic carbocycles. The number of hydrogen-bond acceptors (Lipinski definition) is 5. The number of para-hydroxylation sites is 2. The summed E-state index contributed by atoms with van der Waals surface area (Å²) in [5.74, 6) is 4.41. The van der Waals surface area contributed by atoms with Crippen molar-refractivity contribution in [3.8, 4) is 39.6 Å². The molecule has 6 heteroatoms. The predicted octanol–water partition coefficient (Wildman–Crippen LogP) is 16.9. The number of nitrogens with zero attached hydrogens (tertiary/aromatic N) is 4. The van der Waals surface area contributed by atoms with Crippen LogP contribution in [0.4, 0.5) is 0 Å². The molecular formula is C63H44N4O2. The molecule has 0 aliphatic heterocycles. The van der Waals surface area contributed by atoms with Crippen molar-refractivity contribution >= 4 is 89.1 Å². The van der Waals surface area contributed by atoms with Crippen molar-refractivity contribution in [1.29, 1.82) is 0 Å². The molecule has 0 N–H and O–H groups in total. The van der Waals surface area contributed by atoms with Crippen LogP contribution < -0.4 is 0 Å². The largest absolute Gasteiger partial charge is 0.456 e. The van der Waals surface area contributed by atoms with Crippen LogP contribution >= 0.6 is 0 Å². The van der Waals surface area contributed by atoms with Gasteiger partial charge in [-0.25, -0.2) is 4.98 Å². The lowest BCUT2D eigenvalue weighted by atomic mass is 9.91. The average molecular weight is 889 g/mol. The first-order valence-corrected chi connectivity index (χ1v) is 24.1. The molecule has 2 atom stereocenters. The molecule has 8 aromatic carbocycles. The Kier molecular flexibility index (Phi) is 8.87. The van der Waals surface area contributed by atoms with Gasteiger partial charge in [-0.1, -0.05) is 172 Å². The van der Waals surface area contributed by atoms with Crippen LogP contribution in [0.3, 0.4) is 0 Å². The number of furan rings is 2. The van der Waals surface area contributed by atoms with Crippen molar-refractivity contribution in [3.05, 3.63) is 204 Å². The highest BCUT2D eigenvalue weighted by molar-refractivity contribution is 6.24. The normalized spacial score (nSPS) is 15.8. The average Bonchev–Trinajstić information content (AvgIpc) is 3.95. The molecule has 3 aliphatic rings. The van der Waals surface area contributed by atoms with Crippen LogP contribution in [0.25, 0.3) is 129 Å². The first kappa shape index (κ1) is 39.5. The van der Waals surface area contributed by atoms with Crippen LogP contribution in [-0.4, -0.2) is 19.5 Å². The van der Waals surface area contributed by atoms with Gasteiger partial charge in [-0.05, 0) is 99.3 Å². The number of aromatic nitrogens is 4. The van der Waals surface area contributed by atoms with Crippen molar-refractivity contribution in [1.82, 2.24) is 19.5 Å². The summed E-state index contributed by atoms with van der Waals surface area (Å²) < 4.78 is 15.1. The molecule has 0 spiro atoms. The highest BCUT2D eigenvalue weighted by atomic mass is 16.3. The van der Waals surface area contributed by atoms with Crippen LogP contribution in [0, 0.1) is 5.92 Å². The van der Waals surface area contributed by atoms with E-state index in [4.69, 9.17) is 23.8 Å². The van der Waals surface area contributed by atoms with E-state index in [0.717, 1.165) is 95.9 Å². The number of allylic oxidation sites excluding steroid dienone is 3. The second-order valence-electron chi connectivity index (χ2n) is 18.1. The predicted molar refractivity (Wildman–Crippen MR) is 284 cm³/mol. The van der Waals surface area contributed by atoms with E-state index < -0.39 is 0 Å². The number of fused-ring (bicyclic) bond motifs is 14. The first-order chi connectivity index (χ1) is 34.2. The van der Waals surface area contributed by atoms with Gasteiger partial charge in [-0.2, -0.15) is 9.97 Å². The molecule has 1 saturated carbocycles. The third-order valence-corrected chi connectivity index (χ3v) is 14.4. The van der Waals surface area contributed by atoms with Gasteiger partial charge in [-0.3, -0.25) is 4.57 Å². The summed E-state index contributed by atoms with van der Waals surface area (Å²) in [5.41, 5.74) is 13.0. The van der Waals surface area contributed by atoms with Crippen LogP contribution in [0.2, 0.25) is 0 Å². The molecule has 0 saturated heterocycles. The van der Waals surface area contributed by atoms with E-state index >= 15 is 0 Å². The molecular weight excluding hydrogens is 845 g/mol. The fourth-order valence-electron chi connectivity index (χ4n) is 11.3. The SMILES string of the molecule is C1=Cc2oc3c(c2C=CC1)C1CC1C(c1nc(-c2ccccc2)nc(-n2c4ccc5ccccc5c4c4cccc(-c5cccc6c(-c7ccc8oc9ccccc9c8c7)cccc56)c42)n1)=C3.CC. The zero-order valence-electron chi connectivity index (χ0n) is 38.1. The topological polar surface area (TPSA) is 69.9 Å². The van der Waals surface area contributed by atoms with Crippen molar-refractivity contribution in [2.75, 3.05) is 0 Å². The molecule has 0 amide bonds. The van der Waals surface area contributed by atoms with Gasteiger partial charge in [0, 0.05) is 49.4 Å². The lowest BCUT2D eigenvalue weighted by Crippen LogP contribution is -2.10. The van der Waals surface area contributed by atoms with Crippen LogP contribution in [0.5, 0.6) is 0 Å². The Balaban J connectivity index is 0.00000221. The Bertz CT molecular complexity index is 4180. The maximum Gasteiger partial charge on any atom is 0.238 e. The van der Waals surface area contributed by atoms with E-state index in [1.165, 1.54) is 38.2 Å². The Morgan fingerprint density at radius 3 is 2.10 bits per heavy atom. The zero-order valence-corrected chi connectivity index (χ0v) is 38.1. The van der Waals surface area contributed by atoms with Gasteiger partial charge in [0.05, 0.1) is 11.0 Å². The maximum atomic E-state index is 6.60. The Hall–Kier alpha value is -8.61. The molecule has 1 fully saturated rings. The standard InChI is InChI=1S/C61H38N4O2.C2H6/c1-3-15-36(16-4-1)59-62-60(50-34-55-57(49-33-47(49)50)45-19-5-2-6-26-53(45)67-55)64-61(63-59)65-51-30-28-35-14-7-8-17-39(35)56(51)46-25-13-24-44(58(46)65)42-23-12-21-40-38(20-11-22-41(40)42)37-29-31-54-48(32-37)43-18-9-10-27-52(43)66-54;1-2/h1,3-32,34,47,49H,2,33H2;1-2H3. The molecule has 4 heterocycles. The van der Waals surface area contributed by atoms with E-state index in [0.29, 0.717) is 29.4 Å². The lowest BCUT2D eigenvalue weighted by molar-refractivity contribution is 0.542. The molecule has 328 valence electrons. The van der Waals surface area contributed by atoms with Gasteiger partial charge >= 0.3 is 0 Å². The molecule has 0 bridgehead atoms. The minimum atomic E-state index is 0.296. The van der Waals surface area contributed by atoms with Crippen LogP contribution in [0.1, 0.15) is 61.1 Å². The molecule has 6 nitrogen and oxygen atoms in total. The summed E-state index contributed by atoms with van der Waals surface area (Å²) in [7, 11) is 0. The summed E-state index contributed by atoms with van der Waals surface area (Å²) in [6.45, 7) is 4.00. The number of hydrogen-bond donors (Lipinski definition) is 0. The molecule has 12 aromatic rings. The second-order valence-corrected chi connectivity index (χ2v) is 18.1. The van der Waals surface area contributed by atoms with Gasteiger partial charge in [0.25, 0.3) is 0 Å². The fraction of sp³-hybridized carbons (Fsp3) is 0.0952. The van der Waals surface area contributed by atoms with Crippen LogP contribution in [-0.2, 0) is 0 Å². The van der Waals surface area contributed by atoms with Crippen molar-refractivity contribution in [3.63, 3.8) is 0 Å². The van der Waals surface area contributed by atoms with E-state index in [1.54, 1.807) is 0 Å². The van der Waals surface area contributed by atoms with E-state index in [-0.39, 0.29) is 0 Å². The summed E-state index contributed by atoms with van der Waals surface area (Å²) in [5, 5.41) is 9.25. The molecule has 69 heavy (non-hydrogen) atoms. The van der Waals surface area contributed by atoms with E-state index in [1.807, 2.05) is 44.2 Å². The number of benzene rings is 8. The lowest BCUT2D eigenvalue weighted by Gasteiger charge is -2.16. The van der Waals surface area contributed by atoms with Crippen molar-refractivity contribution in [2.24, 2.45) is 5.92 Å². The summed E-state index contributed by atoms with van der Waals surface area (Å²) in [6.07, 6.45) is 12.9. The highest BCUT2D eigenvalue weighted by Crippen LogP contribution is 2.61. The maximum absolute atomic E-state index is 6.60. The smallest absolute Gasteiger partial charge is 0.238 e. The monoisotopic (exact) mass is 888 g/mol. The highest BCUT2D eigenvalue weighted by Gasteiger charge is 2.49. The van der Waals surface area contributed by atoms with E-state index in [2.05, 4.69) is 168 Å². The minimum Gasteiger partial charge on any atom is -0.456 e. The summed E-state index contributed by atoms with van der Waals surface area (Å²) >= 11 is 0. The molecule has 0 radical (unpaired) electrons. The summed E-state index contributed by atoms with van der Waals surface area (Å²) in [6, 6.07) is 58.4. The van der Waals surface area contributed by atoms with Crippen molar-refractivity contribution < 1.29 is 8.83 Å². The van der Waals surface area contributed by atoms with Crippen LogP contribution in [0.15, 0.2) is 185 Å². The minimum absolute atomic E-state index is 0.296.